The van der Waals surface area contributed by atoms with E-state index in [0.717, 1.165) is 5.56 Å². The summed E-state index contributed by atoms with van der Waals surface area (Å²) in [5, 5.41) is 12.4. The van der Waals surface area contributed by atoms with Gasteiger partial charge in [0.25, 0.3) is 0 Å². The minimum Gasteiger partial charge on any atom is -0.497 e. The smallest absolute Gasteiger partial charge is 0.245 e. The lowest BCUT2D eigenvalue weighted by Gasteiger charge is -2.26. The summed E-state index contributed by atoms with van der Waals surface area (Å²) in [5.41, 5.74) is 2.18. The van der Waals surface area contributed by atoms with Gasteiger partial charge in [0, 0.05) is 16.7 Å². The third-order valence-corrected chi connectivity index (χ3v) is 13.0. The quantitative estimate of drug-likeness (QED) is 0.116. The van der Waals surface area contributed by atoms with Gasteiger partial charge in [-0.25, -0.2) is 21.5 Å². The van der Waals surface area contributed by atoms with Crippen molar-refractivity contribution >= 4 is 42.5 Å². The standard InChI is InChI=1S/C37H34IN5O7S2/c1-48-29-15-9-26(10-16-29)23-42(24-27-11-17-30(49-2)18-12-27)52(46,47)36-34(51(44,45)32-7-5-4-6-8-32)22-21-33(38)35(36)37-39-40-41-43(37)25-28-13-19-31(50-3)20-14-28/h4-22H,23-25H2,1-3H3. The molecule has 0 amide bonds. The van der Waals surface area contributed by atoms with Crippen LogP contribution in [0.5, 0.6) is 17.2 Å². The summed E-state index contributed by atoms with van der Waals surface area (Å²) in [6.07, 6.45) is 0. The van der Waals surface area contributed by atoms with E-state index >= 15 is 8.42 Å². The molecule has 0 saturated heterocycles. The summed E-state index contributed by atoms with van der Waals surface area (Å²) in [7, 11) is -4.40. The van der Waals surface area contributed by atoms with Gasteiger partial charge in [0.2, 0.25) is 19.9 Å². The first-order valence-electron chi connectivity index (χ1n) is 15.8. The van der Waals surface area contributed by atoms with Crippen molar-refractivity contribution in [3.63, 3.8) is 0 Å². The fourth-order valence-electron chi connectivity index (χ4n) is 5.56. The summed E-state index contributed by atoms with van der Waals surface area (Å²) in [5.74, 6) is 1.95. The summed E-state index contributed by atoms with van der Waals surface area (Å²) < 4.78 is 78.8. The van der Waals surface area contributed by atoms with E-state index in [-0.39, 0.29) is 35.9 Å². The fraction of sp³-hybridized carbons (Fsp3) is 0.162. The molecule has 0 saturated carbocycles. The summed E-state index contributed by atoms with van der Waals surface area (Å²) >= 11 is 2.00. The number of nitrogens with zero attached hydrogens (tertiary/aromatic N) is 5. The molecule has 12 nitrogen and oxygen atoms in total. The van der Waals surface area contributed by atoms with Crippen LogP contribution in [0.4, 0.5) is 0 Å². The lowest BCUT2D eigenvalue weighted by atomic mass is 10.2. The number of methoxy groups -OCH3 is 3. The molecule has 1 aromatic heterocycles. The zero-order valence-corrected chi connectivity index (χ0v) is 32.2. The van der Waals surface area contributed by atoms with Crippen LogP contribution in [0.25, 0.3) is 11.4 Å². The van der Waals surface area contributed by atoms with Crippen LogP contribution in [-0.2, 0) is 39.5 Å². The van der Waals surface area contributed by atoms with Crippen molar-refractivity contribution in [2.24, 2.45) is 0 Å². The minimum atomic E-state index is -4.67. The fourth-order valence-corrected chi connectivity index (χ4v) is 10.1. The third kappa shape index (κ3) is 7.81. The molecule has 5 aromatic carbocycles. The molecular formula is C37H34IN5O7S2. The molecule has 52 heavy (non-hydrogen) atoms. The predicted molar refractivity (Wildman–Crippen MR) is 202 cm³/mol. The van der Waals surface area contributed by atoms with Gasteiger partial charge < -0.3 is 14.2 Å². The van der Waals surface area contributed by atoms with Gasteiger partial charge in [0.15, 0.2) is 5.82 Å². The molecule has 0 atom stereocenters. The van der Waals surface area contributed by atoms with E-state index in [4.69, 9.17) is 14.2 Å². The maximum atomic E-state index is 15.4. The second kappa shape index (κ2) is 15.8. The molecule has 0 aliphatic heterocycles. The van der Waals surface area contributed by atoms with Crippen LogP contribution >= 0.6 is 22.6 Å². The van der Waals surface area contributed by atoms with E-state index in [0.29, 0.717) is 31.9 Å². The third-order valence-electron chi connectivity index (χ3n) is 8.29. The second-order valence-electron chi connectivity index (χ2n) is 11.5. The van der Waals surface area contributed by atoms with Crippen LogP contribution in [0.15, 0.2) is 130 Å². The van der Waals surface area contributed by atoms with Crippen LogP contribution in [0.1, 0.15) is 16.7 Å². The highest BCUT2D eigenvalue weighted by atomic mass is 127. The van der Waals surface area contributed by atoms with Crippen molar-refractivity contribution in [1.82, 2.24) is 24.5 Å². The molecular weight excluding hydrogens is 817 g/mol. The molecule has 0 N–H and O–H groups in total. The van der Waals surface area contributed by atoms with Gasteiger partial charge in [-0.15, -0.1) is 5.10 Å². The Balaban J connectivity index is 1.58. The first-order chi connectivity index (χ1) is 25.0. The minimum absolute atomic E-state index is 0.0607. The number of halogens is 1. The number of sulfone groups is 1. The number of ether oxygens (including phenoxy) is 3. The highest BCUT2D eigenvalue weighted by Gasteiger charge is 2.38. The molecule has 0 radical (unpaired) electrons. The molecule has 0 bridgehead atoms. The van der Waals surface area contributed by atoms with Crippen LogP contribution < -0.4 is 14.2 Å². The molecule has 0 unspecified atom stereocenters. The van der Waals surface area contributed by atoms with Crippen LogP contribution in [-0.4, -0.2) is 62.7 Å². The molecule has 0 aliphatic carbocycles. The SMILES string of the molecule is COc1ccc(CN(Cc2ccc(OC)cc2)S(=O)(=O)c2c(S(=O)(=O)c3ccccc3)ccc(I)c2-c2nnnn2Cc2ccc(OC)cc2)cc1. The Morgan fingerprint density at radius 2 is 1.15 bits per heavy atom. The highest BCUT2D eigenvalue weighted by Crippen LogP contribution is 2.40. The number of hydrogen-bond donors (Lipinski definition) is 0. The topological polar surface area (TPSA) is 143 Å². The Morgan fingerprint density at radius 1 is 0.654 bits per heavy atom. The molecule has 268 valence electrons. The van der Waals surface area contributed by atoms with Crippen LogP contribution in [0.2, 0.25) is 0 Å². The number of rotatable bonds is 14. The highest BCUT2D eigenvalue weighted by molar-refractivity contribution is 14.1. The Hall–Kier alpha value is -4.84. The lowest BCUT2D eigenvalue weighted by Crippen LogP contribution is -2.32. The van der Waals surface area contributed by atoms with E-state index in [9.17, 15) is 8.42 Å². The van der Waals surface area contributed by atoms with Gasteiger partial charge in [-0.2, -0.15) is 4.31 Å². The van der Waals surface area contributed by atoms with Gasteiger partial charge in [0.05, 0.1) is 43.2 Å². The number of sulfonamides is 1. The molecule has 6 rings (SSSR count). The molecule has 0 spiro atoms. The molecule has 15 heteroatoms. The predicted octanol–water partition coefficient (Wildman–Crippen LogP) is 6.24. The van der Waals surface area contributed by atoms with E-state index in [2.05, 4.69) is 15.5 Å². The van der Waals surface area contributed by atoms with Crippen molar-refractivity contribution < 1.29 is 31.0 Å². The average molecular weight is 852 g/mol. The number of hydrogen-bond acceptors (Lipinski definition) is 10. The second-order valence-corrected chi connectivity index (χ2v) is 16.5. The van der Waals surface area contributed by atoms with Gasteiger partial charge >= 0.3 is 0 Å². The first-order valence-corrected chi connectivity index (χ1v) is 19.8. The summed E-state index contributed by atoms with van der Waals surface area (Å²) in [6.45, 7) is -0.0191. The molecule has 1 heterocycles. The normalized spacial score (nSPS) is 11.8. The van der Waals surface area contributed by atoms with Crippen molar-refractivity contribution in [1.29, 1.82) is 0 Å². The van der Waals surface area contributed by atoms with E-state index in [1.54, 1.807) is 106 Å². The largest absolute Gasteiger partial charge is 0.497 e. The Bertz CT molecular complexity index is 2320. The zero-order valence-electron chi connectivity index (χ0n) is 28.4. The Kier molecular flexibility index (Phi) is 11.2. The van der Waals surface area contributed by atoms with Gasteiger partial charge in [-0.05, 0) is 110 Å². The Labute approximate surface area is 316 Å². The van der Waals surface area contributed by atoms with E-state index < -0.39 is 29.7 Å². The van der Waals surface area contributed by atoms with Gasteiger partial charge in [0.1, 0.15) is 22.1 Å². The van der Waals surface area contributed by atoms with Crippen LogP contribution in [0, 0.1) is 3.57 Å². The van der Waals surface area contributed by atoms with Gasteiger partial charge in [-0.3, -0.25) is 0 Å². The number of aromatic nitrogens is 4. The van der Waals surface area contributed by atoms with Crippen molar-refractivity contribution in [3.8, 4) is 28.6 Å². The monoisotopic (exact) mass is 851 g/mol. The van der Waals surface area contributed by atoms with Crippen LogP contribution in [0.3, 0.4) is 0 Å². The van der Waals surface area contributed by atoms with E-state index in [1.165, 1.54) is 27.2 Å². The maximum Gasteiger partial charge on any atom is 0.245 e. The number of tetrazole rings is 1. The summed E-state index contributed by atoms with van der Waals surface area (Å²) in [6, 6.07) is 31.9. The van der Waals surface area contributed by atoms with E-state index in [1.807, 2.05) is 34.7 Å². The van der Waals surface area contributed by atoms with Crippen molar-refractivity contribution in [2.45, 2.75) is 34.3 Å². The lowest BCUT2D eigenvalue weighted by molar-refractivity contribution is 0.396. The molecule has 0 fully saturated rings. The maximum absolute atomic E-state index is 15.4. The van der Waals surface area contributed by atoms with Gasteiger partial charge in [-0.1, -0.05) is 54.6 Å². The summed E-state index contributed by atoms with van der Waals surface area (Å²) in [4.78, 5) is -0.896. The molecule has 0 aliphatic rings. The Morgan fingerprint density at radius 3 is 1.65 bits per heavy atom. The zero-order chi connectivity index (χ0) is 36.9. The van der Waals surface area contributed by atoms with Crippen molar-refractivity contribution in [2.75, 3.05) is 21.3 Å². The first kappa shape index (κ1) is 36.9. The molecule has 6 aromatic rings. The number of benzene rings is 5. The van der Waals surface area contributed by atoms with Crippen molar-refractivity contribution in [3.05, 3.63) is 136 Å². The average Bonchev–Trinajstić information content (AvgIpc) is 3.62.